The van der Waals surface area contributed by atoms with Crippen molar-refractivity contribution in [3.63, 3.8) is 0 Å². The number of hydrogen-bond donors (Lipinski definition) is 1. The maximum absolute atomic E-state index is 10.8. The molecule has 1 unspecified atom stereocenters. The Labute approximate surface area is 124 Å². The fourth-order valence-electron chi connectivity index (χ4n) is 5.45. The van der Waals surface area contributed by atoms with Gasteiger partial charge in [-0.1, -0.05) is 11.6 Å². The number of halogens is 1. The summed E-state index contributed by atoms with van der Waals surface area (Å²) in [5.74, 6) is 2.73. The Kier molecular flexibility index (Phi) is 2.98. The zero-order valence-corrected chi connectivity index (χ0v) is 12.7. The van der Waals surface area contributed by atoms with Gasteiger partial charge in [0.15, 0.2) is 0 Å². The van der Waals surface area contributed by atoms with Gasteiger partial charge in [-0.05, 0) is 73.8 Å². The third kappa shape index (κ3) is 2.16. The first-order valence-electron chi connectivity index (χ1n) is 7.55. The predicted octanol–water partition coefficient (Wildman–Crippen LogP) is 4.52. The van der Waals surface area contributed by atoms with E-state index >= 15 is 0 Å². The van der Waals surface area contributed by atoms with Crippen LogP contribution in [0, 0.1) is 23.2 Å². The Morgan fingerprint density at radius 2 is 1.74 bits per heavy atom. The molecule has 4 aliphatic carbocycles. The van der Waals surface area contributed by atoms with Gasteiger partial charge in [0.2, 0.25) is 0 Å². The molecule has 0 aliphatic heterocycles. The van der Waals surface area contributed by atoms with Crippen LogP contribution in [0.25, 0.3) is 0 Å². The molecule has 0 amide bonds. The molecule has 4 bridgehead atoms. The Balaban J connectivity index is 1.54. The monoisotopic (exact) mass is 296 g/mol. The van der Waals surface area contributed by atoms with Crippen LogP contribution in [0.1, 0.15) is 43.4 Å². The van der Waals surface area contributed by atoms with Crippen LogP contribution in [0.2, 0.25) is 4.34 Å². The van der Waals surface area contributed by atoms with Crippen molar-refractivity contribution in [2.45, 2.75) is 51.0 Å². The molecule has 0 radical (unpaired) electrons. The van der Waals surface area contributed by atoms with E-state index < -0.39 is 0 Å². The van der Waals surface area contributed by atoms with Crippen molar-refractivity contribution in [3.8, 4) is 0 Å². The summed E-state index contributed by atoms with van der Waals surface area (Å²) >= 11 is 7.63. The summed E-state index contributed by atoms with van der Waals surface area (Å²) in [5, 5.41) is 10.8. The van der Waals surface area contributed by atoms with Gasteiger partial charge in [0.05, 0.1) is 10.4 Å². The molecule has 3 heteroatoms. The van der Waals surface area contributed by atoms with E-state index in [0.717, 1.165) is 28.5 Å². The van der Waals surface area contributed by atoms with Crippen LogP contribution in [0.3, 0.4) is 0 Å². The summed E-state index contributed by atoms with van der Waals surface area (Å²) < 4.78 is 0.840. The fraction of sp³-hybridized carbons (Fsp3) is 0.750. The number of hydrogen-bond acceptors (Lipinski definition) is 2. The zero-order chi connectivity index (χ0) is 13.0. The summed E-state index contributed by atoms with van der Waals surface area (Å²) in [5.41, 5.74) is 0.241. The molecular weight excluding hydrogens is 276 g/mol. The Morgan fingerprint density at radius 1 is 1.16 bits per heavy atom. The normalized spacial score (nSPS) is 41.7. The van der Waals surface area contributed by atoms with E-state index in [9.17, 15) is 5.11 Å². The van der Waals surface area contributed by atoms with E-state index in [1.54, 1.807) is 11.3 Å². The lowest BCUT2D eigenvalue weighted by molar-refractivity contribution is -0.119. The third-order valence-corrected chi connectivity index (χ3v) is 7.07. The maximum atomic E-state index is 10.8. The minimum Gasteiger partial charge on any atom is -0.392 e. The van der Waals surface area contributed by atoms with Gasteiger partial charge in [0.25, 0.3) is 0 Å². The Bertz CT molecular complexity index is 446. The lowest BCUT2D eigenvalue weighted by atomic mass is 9.48. The molecule has 0 spiro atoms. The van der Waals surface area contributed by atoms with Gasteiger partial charge < -0.3 is 5.11 Å². The Hall–Kier alpha value is -0.0500. The smallest absolute Gasteiger partial charge is 0.0931 e. The van der Waals surface area contributed by atoms with Crippen molar-refractivity contribution in [2.24, 2.45) is 23.2 Å². The van der Waals surface area contributed by atoms with Crippen molar-refractivity contribution < 1.29 is 5.11 Å². The van der Waals surface area contributed by atoms with Gasteiger partial charge in [0.1, 0.15) is 0 Å². The van der Waals surface area contributed by atoms with Crippen LogP contribution in [0.4, 0.5) is 0 Å². The molecule has 1 aromatic heterocycles. The molecule has 1 atom stereocenters. The zero-order valence-electron chi connectivity index (χ0n) is 11.1. The topological polar surface area (TPSA) is 20.2 Å². The molecule has 1 N–H and O–H groups in total. The highest BCUT2D eigenvalue weighted by molar-refractivity contribution is 7.16. The molecule has 4 saturated carbocycles. The van der Waals surface area contributed by atoms with Crippen molar-refractivity contribution in [2.75, 3.05) is 0 Å². The van der Waals surface area contributed by atoms with Crippen molar-refractivity contribution >= 4 is 22.9 Å². The van der Waals surface area contributed by atoms with Gasteiger partial charge in [-0.25, -0.2) is 0 Å². The average molecular weight is 297 g/mol. The molecule has 0 saturated heterocycles. The standard InChI is InChI=1S/C16H21ClOS/c17-15-2-1-13(19-15)6-14(18)16-7-10-3-11(8-16)5-12(4-10)9-16/h1-2,10-12,14,18H,3-9H2. The average Bonchev–Trinajstić information content (AvgIpc) is 2.73. The predicted molar refractivity (Wildman–Crippen MR) is 79.6 cm³/mol. The van der Waals surface area contributed by atoms with Crippen LogP contribution >= 0.6 is 22.9 Å². The minimum atomic E-state index is -0.157. The van der Waals surface area contributed by atoms with Crippen LogP contribution in [0.5, 0.6) is 0 Å². The summed E-state index contributed by atoms with van der Waals surface area (Å²) in [6.45, 7) is 0. The molecule has 1 heterocycles. The van der Waals surface area contributed by atoms with E-state index in [4.69, 9.17) is 11.6 Å². The third-order valence-electron chi connectivity index (χ3n) is 5.82. The highest BCUT2D eigenvalue weighted by atomic mass is 35.5. The first-order valence-corrected chi connectivity index (χ1v) is 8.75. The van der Waals surface area contributed by atoms with Crippen LogP contribution in [-0.4, -0.2) is 11.2 Å². The quantitative estimate of drug-likeness (QED) is 0.869. The summed E-state index contributed by atoms with van der Waals surface area (Å²) in [6.07, 6.45) is 8.81. The second-order valence-corrected chi connectivity index (χ2v) is 9.01. The summed E-state index contributed by atoms with van der Waals surface area (Å²) in [6, 6.07) is 4.03. The number of thiophene rings is 1. The molecule has 19 heavy (non-hydrogen) atoms. The highest BCUT2D eigenvalue weighted by Gasteiger charge is 2.53. The molecular formula is C16H21ClOS. The van der Waals surface area contributed by atoms with Gasteiger partial charge in [-0.3, -0.25) is 0 Å². The maximum Gasteiger partial charge on any atom is 0.0931 e. The SMILES string of the molecule is OC(Cc1ccc(Cl)s1)C12CC3CC(CC(C3)C1)C2. The number of aliphatic hydroxyl groups is 1. The molecule has 1 aromatic rings. The largest absolute Gasteiger partial charge is 0.392 e. The fourth-order valence-corrected chi connectivity index (χ4v) is 6.58. The summed E-state index contributed by atoms with van der Waals surface area (Å²) in [7, 11) is 0. The number of aliphatic hydroxyl groups excluding tert-OH is 1. The van der Waals surface area contributed by atoms with E-state index in [-0.39, 0.29) is 11.5 Å². The second-order valence-electron chi connectivity index (χ2n) is 7.21. The van der Waals surface area contributed by atoms with Gasteiger partial charge in [-0.2, -0.15) is 0 Å². The van der Waals surface area contributed by atoms with E-state index in [1.807, 2.05) is 6.07 Å². The molecule has 104 valence electrons. The molecule has 4 fully saturated rings. The van der Waals surface area contributed by atoms with Crippen LogP contribution < -0.4 is 0 Å². The van der Waals surface area contributed by atoms with Gasteiger partial charge in [-0.15, -0.1) is 11.3 Å². The highest BCUT2D eigenvalue weighted by Crippen LogP contribution is 2.61. The van der Waals surface area contributed by atoms with Crippen molar-refractivity contribution in [1.82, 2.24) is 0 Å². The first kappa shape index (κ1) is 12.7. The lowest BCUT2D eigenvalue weighted by Crippen LogP contribution is -2.52. The summed E-state index contributed by atoms with van der Waals surface area (Å²) in [4.78, 5) is 1.24. The molecule has 0 aromatic carbocycles. The van der Waals surface area contributed by atoms with E-state index in [1.165, 1.54) is 43.4 Å². The first-order chi connectivity index (χ1) is 9.13. The van der Waals surface area contributed by atoms with Crippen LogP contribution in [0.15, 0.2) is 12.1 Å². The van der Waals surface area contributed by atoms with Gasteiger partial charge in [0, 0.05) is 11.3 Å². The molecule has 1 nitrogen and oxygen atoms in total. The minimum absolute atomic E-state index is 0.157. The van der Waals surface area contributed by atoms with Gasteiger partial charge >= 0.3 is 0 Å². The van der Waals surface area contributed by atoms with Crippen LogP contribution in [-0.2, 0) is 6.42 Å². The molecule has 4 aliphatic rings. The van der Waals surface area contributed by atoms with Crippen molar-refractivity contribution in [3.05, 3.63) is 21.3 Å². The van der Waals surface area contributed by atoms with Crippen molar-refractivity contribution in [1.29, 1.82) is 0 Å². The lowest BCUT2D eigenvalue weighted by Gasteiger charge is -2.58. The van der Waals surface area contributed by atoms with E-state index in [0.29, 0.717) is 0 Å². The second kappa shape index (κ2) is 4.47. The number of rotatable bonds is 3. The Morgan fingerprint density at radius 3 is 2.21 bits per heavy atom. The van der Waals surface area contributed by atoms with E-state index in [2.05, 4.69) is 6.07 Å². The molecule has 5 rings (SSSR count).